The van der Waals surface area contributed by atoms with E-state index in [0.29, 0.717) is 35.5 Å². The van der Waals surface area contributed by atoms with Crippen molar-refractivity contribution in [1.82, 2.24) is 14.9 Å². The number of piperidine rings is 1. The van der Waals surface area contributed by atoms with Gasteiger partial charge in [0.05, 0.1) is 42.2 Å². The lowest BCUT2D eigenvalue weighted by atomic mass is 9.76. The van der Waals surface area contributed by atoms with Crippen LogP contribution in [-0.2, 0) is 24.1 Å². The fraction of sp³-hybridized carbons (Fsp3) is 0.348. The smallest absolute Gasteiger partial charge is 0.416 e. The number of nitrogen functional groups attached to an aromatic ring is 1. The molecule has 3 aliphatic heterocycles. The number of likely N-dealkylation sites (tertiary alicyclic amines) is 1. The van der Waals surface area contributed by atoms with E-state index >= 15 is 0 Å². The van der Waals surface area contributed by atoms with Crippen LogP contribution in [0.15, 0.2) is 30.5 Å². The largest absolute Gasteiger partial charge is 0.488 e. The lowest BCUT2D eigenvalue weighted by molar-refractivity contribution is -0.137. The van der Waals surface area contributed by atoms with Crippen LogP contribution in [-0.4, -0.2) is 45.5 Å². The highest BCUT2D eigenvalue weighted by molar-refractivity contribution is 6.16. The third-order valence-electron chi connectivity index (χ3n) is 6.84. The quantitative estimate of drug-likeness (QED) is 0.514. The summed E-state index contributed by atoms with van der Waals surface area (Å²) in [5, 5.41) is 11.6. The molecular weight excluding hydrogens is 464 g/mol. The first-order valence-electron chi connectivity index (χ1n) is 10.9. The Morgan fingerprint density at radius 1 is 1.26 bits per heavy atom. The molecule has 12 heteroatoms. The molecule has 1 aromatic carbocycles. The second-order valence-corrected chi connectivity index (χ2v) is 8.98. The Bertz CT molecular complexity index is 1400. The number of nitrogens with zero attached hydrogens (tertiary/aromatic N) is 3. The normalized spacial score (nSPS) is 25.2. The molecule has 0 spiro atoms. The van der Waals surface area contributed by atoms with Gasteiger partial charge < -0.3 is 25.2 Å². The van der Waals surface area contributed by atoms with Gasteiger partial charge in [-0.2, -0.15) is 13.2 Å². The molecule has 5 heterocycles. The van der Waals surface area contributed by atoms with E-state index in [1.54, 1.807) is 6.07 Å². The molecule has 1 amide bonds. The van der Waals surface area contributed by atoms with E-state index in [4.69, 9.17) is 23.1 Å². The third kappa shape index (κ3) is 3.34. The highest BCUT2D eigenvalue weighted by Crippen LogP contribution is 2.49. The number of amides is 1. The molecule has 1 saturated heterocycles. The highest BCUT2D eigenvalue weighted by atomic mass is 19.4. The molecule has 3 unspecified atom stereocenters. The van der Waals surface area contributed by atoms with E-state index < -0.39 is 35.4 Å². The van der Waals surface area contributed by atoms with Gasteiger partial charge in [0.1, 0.15) is 31.2 Å². The molecule has 0 aliphatic carbocycles. The van der Waals surface area contributed by atoms with Crippen LogP contribution in [0.25, 0.3) is 10.9 Å². The van der Waals surface area contributed by atoms with Crippen LogP contribution in [0.1, 0.15) is 51.6 Å². The summed E-state index contributed by atoms with van der Waals surface area (Å²) in [7, 11) is 6.14. The molecule has 178 valence electrons. The van der Waals surface area contributed by atoms with Crippen LogP contribution in [0.4, 0.5) is 19.0 Å². The number of pyridine rings is 2. The van der Waals surface area contributed by atoms with Crippen molar-refractivity contribution in [3.8, 4) is 5.75 Å². The summed E-state index contributed by atoms with van der Waals surface area (Å²) >= 11 is 0. The molecule has 3 atom stereocenters. The van der Waals surface area contributed by atoms with Gasteiger partial charge in [-0.25, -0.2) is 9.97 Å². The molecule has 2 aromatic heterocycles. The van der Waals surface area contributed by atoms with Gasteiger partial charge in [-0.05, 0) is 36.6 Å². The number of carbonyl (C=O) groups excluding carboxylic acids is 1. The van der Waals surface area contributed by atoms with Crippen LogP contribution in [0, 0.1) is 0 Å². The Morgan fingerprint density at radius 2 is 2.03 bits per heavy atom. The number of aromatic nitrogens is 2. The fourth-order valence-electron chi connectivity index (χ4n) is 5.14. The zero-order valence-corrected chi connectivity index (χ0v) is 18.2. The van der Waals surface area contributed by atoms with Gasteiger partial charge in [0.15, 0.2) is 0 Å². The first-order valence-corrected chi connectivity index (χ1v) is 10.9. The number of benzene rings is 1. The van der Waals surface area contributed by atoms with E-state index in [1.807, 2.05) is 0 Å². The molecule has 8 nitrogen and oxygen atoms in total. The summed E-state index contributed by atoms with van der Waals surface area (Å²) in [4.78, 5) is 23.3. The zero-order chi connectivity index (χ0) is 24.7. The first kappa shape index (κ1) is 22.1. The minimum Gasteiger partial charge on any atom is -0.488 e. The van der Waals surface area contributed by atoms with Gasteiger partial charge >= 0.3 is 6.18 Å². The van der Waals surface area contributed by atoms with Crippen molar-refractivity contribution in [2.75, 3.05) is 5.73 Å². The number of aliphatic hydroxyl groups is 1. The van der Waals surface area contributed by atoms with E-state index in [0.717, 1.165) is 28.2 Å². The van der Waals surface area contributed by atoms with Gasteiger partial charge in [0.25, 0.3) is 5.91 Å². The third-order valence-corrected chi connectivity index (χ3v) is 6.84. The number of ether oxygens (including phenoxy) is 2. The molecule has 3 N–H and O–H groups in total. The predicted molar refractivity (Wildman–Crippen MR) is 117 cm³/mol. The van der Waals surface area contributed by atoms with Crippen molar-refractivity contribution in [1.29, 1.82) is 0 Å². The highest BCUT2D eigenvalue weighted by Gasteiger charge is 2.51. The standard InChI is InChI=1S/C23H18BF3N4O4/c24-22(33)4-3-17-19(11-2-1-10(23(25,26)27)5-18(11)35-17)31(22)21(32)15-6-12-13-8-34-9-14(13)20(28)30-16(12)7-29-15/h1-2,5-7,17,19,33H,3-4,8-9H2,(H2,28,30). The summed E-state index contributed by atoms with van der Waals surface area (Å²) in [5.74, 6) is -0.349. The average Bonchev–Trinajstić information content (AvgIpc) is 3.43. The lowest BCUT2D eigenvalue weighted by Crippen LogP contribution is -2.59. The Kier molecular flexibility index (Phi) is 4.62. The minimum absolute atomic E-state index is 0.00596. The number of hydrogen-bond donors (Lipinski definition) is 2. The Labute approximate surface area is 198 Å². The number of rotatable bonds is 1. The zero-order valence-electron chi connectivity index (χ0n) is 18.2. The Balaban J connectivity index is 1.43. The summed E-state index contributed by atoms with van der Waals surface area (Å²) in [6, 6.07) is 3.74. The maximum Gasteiger partial charge on any atom is 0.416 e. The minimum atomic E-state index is -4.55. The van der Waals surface area contributed by atoms with Crippen LogP contribution in [0.3, 0.4) is 0 Å². The molecule has 3 aromatic rings. The molecule has 1 fully saturated rings. The van der Waals surface area contributed by atoms with Gasteiger partial charge in [0, 0.05) is 16.5 Å². The van der Waals surface area contributed by atoms with Crippen molar-refractivity contribution >= 4 is 30.5 Å². The van der Waals surface area contributed by atoms with Crippen LogP contribution >= 0.6 is 0 Å². The summed E-state index contributed by atoms with van der Waals surface area (Å²) in [6.07, 6.45) is -3.59. The number of alkyl halides is 3. The summed E-state index contributed by atoms with van der Waals surface area (Å²) in [5.41, 5.74) is 5.43. The van der Waals surface area contributed by atoms with Crippen molar-refractivity contribution in [2.45, 2.75) is 50.0 Å². The number of halogens is 3. The molecule has 35 heavy (non-hydrogen) atoms. The van der Waals surface area contributed by atoms with Crippen molar-refractivity contribution < 1.29 is 32.5 Å². The lowest BCUT2D eigenvalue weighted by Gasteiger charge is -2.47. The van der Waals surface area contributed by atoms with E-state index in [2.05, 4.69) is 9.97 Å². The number of anilines is 1. The maximum atomic E-state index is 13.7. The number of nitrogens with two attached hydrogens (primary N) is 1. The Morgan fingerprint density at radius 3 is 2.80 bits per heavy atom. The summed E-state index contributed by atoms with van der Waals surface area (Å²) < 4.78 is 50.9. The fourth-order valence-corrected chi connectivity index (χ4v) is 5.14. The maximum absolute atomic E-state index is 13.7. The van der Waals surface area contributed by atoms with Crippen LogP contribution in [0.2, 0.25) is 0 Å². The van der Waals surface area contributed by atoms with Gasteiger partial charge in [-0.3, -0.25) is 4.79 Å². The second-order valence-electron chi connectivity index (χ2n) is 8.98. The first-order chi connectivity index (χ1) is 16.5. The SMILES string of the molecule is [B]C1(O)CCC2Oc3cc(C(F)(F)F)ccc3C2N1C(=O)c1cc2c3c(c(N)nc2cn1)COC3. The van der Waals surface area contributed by atoms with E-state index in [1.165, 1.54) is 12.3 Å². The Hall–Kier alpha value is -3.38. The topological polar surface area (TPSA) is 111 Å². The monoisotopic (exact) mass is 482 g/mol. The number of carbonyl (C=O) groups is 1. The number of hydrogen-bond acceptors (Lipinski definition) is 7. The van der Waals surface area contributed by atoms with Crippen molar-refractivity contribution in [3.05, 3.63) is 58.4 Å². The van der Waals surface area contributed by atoms with Crippen molar-refractivity contribution in [2.24, 2.45) is 0 Å². The summed E-state index contributed by atoms with van der Waals surface area (Å²) in [6.45, 7) is 0.608. The van der Waals surface area contributed by atoms with Crippen molar-refractivity contribution in [3.63, 3.8) is 0 Å². The van der Waals surface area contributed by atoms with Gasteiger partial charge in [-0.1, -0.05) is 6.07 Å². The average molecular weight is 482 g/mol. The van der Waals surface area contributed by atoms with Crippen LogP contribution < -0.4 is 10.5 Å². The van der Waals surface area contributed by atoms with E-state index in [-0.39, 0.29) is 24.3 Å². The molecule has 6 rings (SSSR count). The molecule has 3 aliphatic rings. The van der Waals surface area contributed by atoms with Crippen LogP contribution in [0.5, 0.6) is 5.75 Å². The molecular formula is C23H18BF3N4O4. The van der Waals surface area contributed by atoms with E-state index in [9.17, 15) is 23.1 Å². The molecule has 0 bridgehead atoms. The predicted octanol–water partition coefficient (Wildman–Crippen LogP) is 2.81. The number of fused-ring (bicyclic) bond motifs is 6. The second kappa shape index (κ2) is 7.31. The van der Waals surface area contributed by atoms with Gasteiger partial charge in [0.2, 0.25) is 0 Å². The van der Waals surface area contributed by atoms with Gasteiger partial charge in [-0.15, -0.1) is 0 Å². The molecule has 2 radical (unpaired) electrons. The molecule has 0 saturated carbocycles.